The molecule has 0 aliphatic carbocycles. The van der Waals surface area contributed by atoms with Gasteiger partial charge in [-0.2, -0.15) is 21.6 Å². The monoisotopic (exact) mass is 2010 g/mol. The third kappa shape index (κ3) is 31.0. The molecule has 8 aromatic carbocycles. The summed E-state index contributed by atoms with van der Waals surface area (Å²) in [7, 11) is -6.68. The predicted molar refractivity (Wildman–Crippen MR) is 476 cm³/mol. The van der Waals surface area contributed by atoms with E-state index in [0.29, 0.717) is 11.8 Å². The summed E-state index contributed by atoms with van der Waals surface area (Å²) in [5, 5.41) is 29.1. The zero-order valence-electron chi connectivity index (χ0n) is 68.9. The Morgan fingerprint density at radius 3 is 1.03 bits per heavy atom. The zero-order valence-corrected chi connectivity index (χ0v) is 76.5. The van der Waals surface area contributed by atoms with E-state index in [1.54, 1.807) is 31.7 Å². The summed E-state index contributed by atoms with van der Waals surface area (Å²) in [6, 6.07) is 102. The van der Waals surface area contributed by atoms with Crippen molar-refractivity contribution >= 4 is 80.5 Å². The van der Waals surface area contributed by atoms with E-state index in [2.05, 4.69) is 190 Å². The minimum absolute atomic E-state index is 0. The van der Waals surface area contributed by atoms with Gasteiger partial charge in [0.25, 0.3) is 0 Å². The number of halogens is 3. The number of alkyl halides is 3. The first-order valence-electron chi connectivity index (χ1n) is 38.0. The van der Waals surface area contributed by atoms with Crippen molar-refractivity contribution in [3.63, 3.8) is 0 Å². The number of aliphatic hydroxyl groups is 3. The van der Waals surface area contributed by atoms with E-state index in [1.165, 1.54) is 21.5 Å². The Morgan fingerprint density at radius 1 is 0.395 bits per heavy atom. The second-order valence-electron chi connectivity index (χ2n) is 28.9. The fourth-order valence-corrected chi connectivity index (χ4v) is 15.0. The number of fused-ring (bicyclic) bond motifs is 6. The molecule has 0 aliphatic rings. The average molecular weight is 2010 g/mol. The molecule has 119 heavy (non-hydrogen) atoms. The fourth-order valence-electron chi connectivity index (χ4n) is 11.9. The summed E-state index contributed by atoms with van der Waals surface area (Å²) in [5.41, 5.74) is 13.3. The summed E-state index contributed by atoms with van der Waals surface area (Å²) in [6.07, 6.45) is 13.6. The second-order valence-corrected chi connectivity index (χ2v) is 40.4. The summed E-state index contributed by atoms with van der Waals surface area (Å²) >= 11 is 0. The van der Waals surface area contributed by atoms with Crippen LogP contribution in [0.3, 0.4) is 0 Å². The predicted octanol–water partition coefficient (Wildman–Crippen LogP) is 22.4. The Hall–Kier alpha value is -10.4. The number of hydrogen-bond acceptors (Lipinski definition) is 13. The van der Waals surface area contributed by atoms with Gasteiger partial charge in [-0.1, -0.05) is 169 Å². The topological polar surface area (TPSA) is 219 Å². The summed E-state index contributed by atoms with van der Waals surface area (Å²) < 4.78 is 69.4. The molecule has 0 unspecified atom stereocenters. The number of pyridine rings is 6. The van der Waals surface area contributed by atoms with Gasteiger partial charge in [0, 0.05) is 99.8 Å². The number of aliphatic hydroxyl groups excluding tert-OH is 3. The van der Waals surface area contributed by atoms with Crippen LogP contribution >= 0.6 is 0 Å². The number of rotatable bonds is 12. The molecule has 14 nitrogen and oxygen atoms in total. The van der Waals surface area contributed by atoms with Gasteiger partial charge in [0.1, 0.15) is 16.7 Å². The molecule has 0 amide bonds. The van der Waals surface area contributed by atoms with E-state index < -0.39 is 31.8 Å². The molecule has 0 aliphatic heterocycles. The molecule has 22 heteroatoms. The average Bonchev–Trinajstić information content (AvgIpc) is 1.67. The van der Waals surface area contributed by atoms with Gasteiger partial charge >= 0.3 is 35.7 Å². The van der Waals surface area contributed by atoms with E-state index in [-0.39, 0.29) is 46.8 Å². The van der Waals surface area contributed by atoms with Crippen molar-refractivity contribution in [2.24, 2.45) is 11.8 Å². The van der Waals surface area contributed by atoms with E-state index >= 15 is 0 Å². The molecule has 0 bridgehead atoms. The standard InChI is InChI=1S/C24H27NOSi.C24H26NOSi.4C11H8N.C2H6O.CHF3O3S.2CH4O.2Ir/c2*1-16(2)12-18-14-21(25-15-24(18)27(3,4)5)17-10-11-23-20(13-17)19-8-6-7-9-22(19)26-23;4*1-2-6-10(7-3-1)11-8-4-5-9-12-11;1-2-3;2-1(3,4)8(5,6)7;2*1-2;;/h6-11,13-16H,12H2,1-5H3;6-9,11,13-16H,12H2,1-5H3;4*1-6,8-9H;3H,2H2,1H3;(H,5,6,7);2*2H,1H3;;/q;5*-1;;;;;;+3. The Balaban J connectivity index is 0.000000253. The van der Waals surface area contributed by atoms with Crippen LogP contribution in [0.5, 0.6) is 0 Å². The Morgan fingerprint density at radius 2 is 0.706 bits per heavy atom. The first-order chi connectivity index (χ1) is 56.2. The minimum Gasteiger partial charge on any atom is -0.500 e. The maximum atomic E-state index is 10.7. The molecule has 1 radical (unpaired) electrons. The van der Waals surface area contributed by atoms with E-state index in [1.807, 2.05) is 200 Å². The SMILES string of the molecule is CC(C)Cc1cc(-c2[c-]cc3oc4ccccc4c3c2)ncc1[Si](C)(C)C.CC(C)Cc1cc(-c2ccc3oc4ccccc4c3c2)ncc1[Si](C)(C)C.CCO.CO.CO.O=S(=O)(O)C(F)(F)F.[Ir+3].[Ir].[c-]1ccccc1-c1ccccn1.[c-]1ccccc1-c1ccccn1.[c-]1ccccc1-c1ccccn1.[c-]1ccccc1-c1ccccn1. The Kier molecular flexibility index (Phi) is 41.5. The summed E-state index contributed by atoms with van der Waals surface area (Å²) in [6.45, 7) is 25.4. The van der Waals surface area contributed by atoms with E-state index in [0.717, 1.165) is 138 Å². The van der Waals surface area contributed by atoms with Gasteiger partial charge in [0.05, 0.1) is 27.4 Å². The molecule has 16 aromatic rings. The van der Waals surface area contributed by atoms with Gasteiger partial charge < -0.3 is 49.1 Å². The second kappa shape index (κ2) is 49.8. The van der Waals surface area contributed by atoms with Gasteiger partial charge in [0.15, 0.2) is 0 Å². The van der Waals surface area contributed by atoms with Crippen LogP contribution in [0.2, 0.25) is 39.3 Å². The number of nitrogens with zero attached hydrogens (tertiary/aromatic N) is 6. The molecular formula is C97H100F3Ir2N6O8SSi2-2. The van der Waals surface area contributed by atoms with Crippen LogP contribution in [0.1, 0.15) is 45.7 Å². The molecule has 0 atom stereocenters. The Bertz CT molecular complexity index is 5060. The van der Waals surface area contributed by atoms with E-state index in [9.17, 15) is 13.2 Å². The molecule has 8 aromatic heterocycles. The number of furan rings is 2. The number of benzene rings is 8. The van der Waals surface area contributed by atoms with Crippen molar-refractivity contribution in [3.8, 4) is 67.5 Å². The van der Waals surface area contributed by atoms with Gasteiger partial charge in [0.2, 0.25) is 0 Å². The van der Waals surface area contributed by atoms with E-state index in [4.69, 9.17) is 47.1 Å². The number of para-hydroxylation sites is 2. The summed E-state index contributed by atoms with van der Waals surface area (Å²) in [5.74, 6) is 1.26. The van der Waals surface area contributed by atoms with Crippen LogP contribution in [0.15, 0.2) is 307 Å². The molecule has 0 fully saturated rings. The van der Waals surface area contributed by atoms with Crippen LogP contribution < -0.4 is 10.4 Å². The maximum Gasteiger partial charge on any atom is 3.00 e. The van der Waals surface area contributed by atoms with Gasteiger partial charge in [-0.25, -0.2) is 0 Å². The molecule has 8 heterocycles. The normalized spacial score (nSPS) is 10.7. The van der Waals surface area contributed by atoms with Gasteiger partial charge in [-0.3, -0.25) is 9.54 Å². The molecule has 0 saturated heterocycles. The quantitative estimate of drug-likeness (QED) is 0.0387. The summed E-state index contributed by atoms with van der Waals surface area (Å²) in [4.78, 5) is 26.6. The molecule has 0 saturated carbocycles. The zero-order chi connectivity index (χ0) is 85.0. The van der Waals surface area contributed by atoms with Crippen molar-refractivity contribution in [2.45, 2.75) is 92.3 Å². The van der Waals surface area contributed by atoms with Crippen molar-refractivity contribution in [3.05, 3.63) is 339 Å². The van der Waals surface area contributed by atoms with Crippen molar-refractivity contribution in [1.82, 2.24) is 29.9 Å². The number of hydrogen-bond donors (Lipinski definition) is 4. The molecular weight excluding hydrogens is 1910 g/mol. The Labute approximate surface area is 727 Å². The van der Waals surface area contributed by atoms with Crippen molar-refractivity contribution in [1.29, 1.82) is 0 Å². The molecule has 621 valence electrons. The minimum atomic E-state index is -5.84. The maximum absolute atomic E-state index is 10.7. The first-order valence-corrected chi connectivity index (χ1v) is 46.4. The van der Waals surface area contributed by atoms with Gasteiger partial charge in [-0.15, -0.1) is 167 Å². The largest absolute Gasteiger partial charge is 3.00 e. The van der Waals surface area contributed by atoms with Crippen LogP contribution in [-0.4, -0.2) is 101 Å². The van der Waals surface area contributed by atoms with Crippen molar-refractivity contribution < 1.29 is 90.5 Å². The molecule has 16 rings (SSSR count). The molecule has 4 N–H and O–H groups in total. The first kappa shape index (κ1) is 99.1. The number of aromatic nitrogens is 6. The van der Waals surface area contributed by atoms with Gasteiger partial charge in [-0.05, 0) is 137 Å². The molecule has 0 spiro atoms. The third-order valence-electron chi connectivity index (χ3n) is 17.0. The van der Waals surface area contributed by atoms with Crippen LogP contribution in [0.4, 0.5) is 13.2 Å². The van der Waals surface area contributed by atoms with Crippen molar-refractivity contribution in [2.75, 3.05) is 20.8 Å². The smallest absolute Gasteiger partial charge is 0.500 e. The fraction of sp³-hybridized carbons (Fsp3) is 0.196. The van der Waals surface area contributed by atoms with Crippen LogP contribution in [0, 0.1) is 42.2 Å². The third-order valence-corrected chi connectivity index (χ3v) is 21.7. The van der Waals surface area contributed by atoms with Crippen LogP contribution in [0.25, 0.3) is 111 Å². The van der Waals surface area contributed by atoms with Crippen LogP contribution in [-0.2, 0) is 63.2 Å².